The maximum atomic E-state index is 4.75. The maximum absolute atomic E-state index is 4.75. The number of halogens is 1. The fourth-order valence-corrected chi connectivity index (χ4v) is 0.587. The largest absolute Gasteiger partial charge is 0.381 e. The Bertz CT molecular complexity index is 52.0. The van der Waals surface area contributed by atoms with E-state index in [2.05, 4.69) is 28.7 Å². The van der Waals surface area contributed by atoms with Gasteiger partial charge in [-0.3, -0.25) is 0 Å². The summed E-state index contributed by atoms with van der Waals surface area (Å²) in [5, 5.41) is 0. The molecule has 0 spiro atoms. The Morgan fingerprint density at radius 3 is 2.71 bits per heavy atom. The molecule has 0 rings (SSSR count). The summed E-state index contributed by atoms with van der Waals surface area (Å²) in [4.78, 5) is 0. The van der Waals surface area contributed by atoms with Gasteiger partial charge < -0.3 is 4.74 Å². The van der Waals surface area contributed by atoms with Crippen LogP contribution >= 0.6 is 22.6 Å². The van der Waals surface area contributed by atoms with Gasteiger partial charge in [0.15, 0.2) is 0 Å². The van der Waals surface area contributed by atoms with Crippen molar-refractivity contribution in [3.8, 4) is 0 Å². The molecule has 0 atom stereocenters. The van der Waals surface area contributed by atoms with Gasteiger partial charge in [-0.2, -0.15) is 0 Å². The van der Waals surface area contributed by atoms with Crippen molar-refractivity contribution in [3.05, 3.63) is 12.2 Å². The van der Waals surface area contributed by atoms with E-state index in [-0.39, 0.29) is 0 Å². The summed E-state index contributed by atoms with van der Waals surface area (Å²) >= 11 is 2.28. The Morgan fingerprint density at radius 1 is 1.57 bits per heavy atom. The normalized spacial score (nSPS) is 10.6. The van der Waals surface area contributed by atoms with E-state index in [1.807, 2.05) is 6.08 Å². The fourth-order valence-electron chi connectivity index (χ4n) is 0.227. The van der Waals surface area contributed by atoms with E-state index < -0.39 is 0 Å². The quantitative estimate of drug-likeness (QED) is 0.392. The number of rotatable bonds is 3. The first-order chi connectivity index (χ1) is 3.41. The third-order valence-electron chi connectivity index (χ3n) is 0.519. The van der Waals surface area contributed by atoms with Crippen LogP contribution < -0.4 is 0 Å². The summed E-state index contributed by atoms with van der Waals surface area (Å²) in [7, 11) is 1.69. The van der Waals surface area contributed by atoms with Gasteiger partial charge in [0.2, 0.25) is 0 Å². The molecule has 2 heteroatoms. The van der Waals surface area contributed by atoms with Crippen LogP contribution in [0.5, 0.6) is 0 Å². The first-order valence-corrected chi connectivity index (χ1v) is 3.64. The van der Waals surface area contributed by atoms with Crippen molar-refractivity contribution in [2.24, 2.45) is 0 Å². The molecule has 1 nitrogen and oxygen atoms in total. The lowest BCUT2D eigenvalue weighted by Crippen LogP contribution is -1.79. The summed E-state index contributed by atoms with van der Waals surface area (Å²) in [6.07, 6.45) is 4.08. The van der Waals surface area contributed by atoms with E-state index in [1.54, 1.807) is 7.11 Å². The summed E-state index contributed by atoms with van der Waals surface area (Å²) < 4.78 is 5.82. The summed E-state index contributed by atoms with van der Waals surface area (Å²) in [5.41, 5.74) is 0. The molecule has 0 aliphatic carbocycles. The van der Waals surface area contributed by atoms with Gasteiger partial charge in [-0.25, -0.2) is 0 Å². The van der Waals surface area contributed by atoms with Crippen molar-refractivity contribution >= 4 is 22.6 Å². The Morgan fingerprint density at radius 2 is 2.29 bits per heavy atom. The van der Waals surface area contributed by atoms with Crippen molar-refractivity contribution in [1.82, 2.24) is 0 Å². The number of ether oxygens (including phenoxy) is 1. The fraction of sp³-hybridized carbons (Fsp3) is 0.600. The zero-order valence-corrected chi connectivity index (χ0v) is 6.51. The molecular formula is C5H9IO. The Kier molecular flexibility index (Phi) is 6.82. The average molecular weight is 212 g/mol. The molecular weight excluding hydrogens is 203 g/mol. The van der Waals surface area contributed by atoms with E-state index in [9.17, 15) is 0 Å². The minimum absolute atomic E-state index is 0.739. The topological polar surface area (TPSA) is 9.23 Å². The van der Waals surface area contributed by atoms with Crippen molar-refractivity contribution < 1.29 is 4.74 Å². The lowest BCUT2D eigenvalue weighted by molar-refractivity contribution is 0.234. The molecule has 0 bridgehead atoms. The van der Waals surface area contributed by atoms with Crippen LogP contribution in [0, 0.1) is 0 Å². The van der Waals surface area contributed by atoms with Gasteiger partial charge in [-0.1, -0.05) is 34.7 Å². The molecule has 0 heterocycles. The highest BCUT2D eigenvalue weighted by Gasteiger charge is 1.67. The van der Waals surface area contributed by atoms with E-state index in [1.165, 1.54) is 0 Å². The smallest absolute Gasteiger partial charge is 0.0643 e. The van der Waals surface area contributed by atoms with Gasteiger partial charge >= 0.3 is 0 Å². The second-order valence-electron chi connectivity index (χ2n) is 1.08. The molecule has 0 saturated heterocycles. The van der Waals surface area contributed by atoms with Crippen LogP contribution in [0.25, 0.3) is 0 Å². The standard InChI is InChI=1S/C5H9IO/c1-7-5-3-2-4-6/h2-3H,4-5H2,1H3/b3-2+. The molecule has 0 amide bonds. The lowest BCUT2D eigenvalue weighted by atomic mass is 10.6. The highest BCUT2D eigenvalue weighted by atomic mass is 127. The summed E-state index contributed by atoms with van der Waals surface area (Å²) in [6.45, 7) is 0.739. The lowest BCUT2D eigenvalue weighted by Gasteiger charge is -1.83. The van der Waals surface area contributed by atoms with Crippen LogP contribution in [0.2, 0.25) is 0 Å². The van der Waals surface area contributed by atoms with Crippen molar-refractivity contribution in [3.63, 3.8) is 0 Å². The van der Waals surface area contributed by atoms with Crippen LogP contribution in [0.1, 0.15) is 0 Å². The van der Waals surface area contributed by atoms with Gasteiger partial charge in [0.05, 0.1) is 6.61 Å². The molecule has 0 aliphatic rings. The number of hydrogen-bond donors (Lipinski definition) is 0. The molecule has 0 aliphatic heterocycles. The second kappa shape index (κ2) is 6.43. The molecule has 0 saturated carbocycles. The first kappa shape index (κ1) is 7.43. The summed E-state index contributed by atoms with van der Waals surface area (Å²) in [6, 6.07) is 0. The minimum Gasteiger partial charge on any atom is -0.381 e. The molecule has 0 aromatic heterocycles. The van der Waals surface area contributed by atoms with E-state index in [0.717, 1.165) is 11.0 Å². The predicted molar refractivity (Wildman–Crippen MR) is 39.9 cm³/mol. The molecule has 0 aromatic carbocycles. The van der Waals surface area contributed by atoms with Crippen LogP contribution in [0.3, 0.4) is 0 Å². The molecule has 0 aromatic rings. The second-order valence-corrected chi connectivity index (χ2v) is 1.96. The van der Waals surface area contributed by atoms with Gasteiger partial charge in [-0.05, 0) is 0 Å². The number of allylic oxidation sites excluding steroid dienone is 1. The maximum Gasteiger partial charge on any atom is 0.0643 e. The highest BCUT2D eigenvalue weighted by Crippen LogP contribution is 1.81. The van der Waals surface area contributed by atoms with E-state index in [4.69, 9.17) is 4.74 Å². The SMILES string of the molecule is COC/C=C/CI. The third kappa shape index (κ3) is 6.43. The number of methoxy groups -OCH3 is 1. The zero-order valence-electron chi connectivity index (χ0n) is 4.36. The molecule has 0 radical (unpaired) electrons. The molecule has 7 heavy (non-hydrogen) atoms. The first-order valence-electron chi connectivity index (χ1n) is 2.11. The summed E-state index contributed by atoms with van der Waals surface area (Å²) in [5.74, 6) is 0. The Labute approximate surface area is 57.9 Å². The van der Waals surface area contributed by atoms with Crippen molar-refractivity contribution in [2.75, 3.05) is 18.1 Å². The Hall–Kier alpha value is 0.430. The monoisotopic (exact) mass is 212 g/mol. The molecule has 42 valence electrons. The average Bonchev–Trinajstić information content (AvgIpc) is 1.69. The van der Waals surface area contributed by atoms with Crippen molar-refractivity contribution in [1.29, 1.82) is 0 Å². The van der Waals surface area contributed by atoms with Gasteiger partial charge in [0.25, 0.3) is 0 Å². The van der Waals surface area contributed by atoms with Gasteiger partial charge in [0, 0.05) is 11.5 Å². The number of alkyl halides is 1. The van der Waals surface area contributed by atoms with Crippen LogP contribution in [0.4, 0.5) is 0 Å². The van der Waals surface area contributed by atoms with E-state index >= 15 is 0 Å². The molecule has 0 N–H and O–H groups in total. The van der Waals surface area contributed by atoms with Gasteiger partial charge in [0.1, 0.15) is 0 Å². The number of hydrogen-bond acceptors (Lipinski definition) is 1. The van der Waals surface area contributed by atoms with E-state index in [0.29, 0.717) is 0 Å². The minimum atomic E-state index is 0.739. The zero-order chi connectivity index (χ0) is 5.54. The van der Waals surface area contributed by atoms with Crippen LogP contribution in [-0.4, -0.2) is 18.1 Å². The van der Waals surface area contributed by atoms with Crippen LogP contribution in [0.15, 0.2) is 12.2 Å². The van der Waals surface area contributed by atoms with Crippen LogP contribution in [-0.2, 0) is 4.74 Å². The Balaban J connectivity index is 2.78. The highest BCUT2D eigenvalue weighted by molar-refractivity contribution is 14.1. The van der Waals surface area contributed by atoms with Crippen molar-refractivity contribution in [2.45, 2.75) is 0 Å². The molecule has 0 fully saturated rings. The van der Waals surface area contributed by atoms with Gasteiger partial charge in [-0.15, -0.1) is 0 Å². The molecule has 0 unspecified atom stereocenters. The predicted octanol–water partition coefficient (Wildman–Crippen LogP) is 1.62. The third-order valence-corrected chi connectivity index (χ3v) is 1.03.